The van der Waals surface area contributed by atoms with Gasteiger partial charge >= 0.3 is 0 Å². The van der Waals surface area contributed by atoms with E-state index in [0.717, 1.165) is 42.1 Å². The van der Waals surface area contributed by atoms with Crippen LogP contribution in [-0.4, -0.2) is 53.5 Å². The molecule has 53 heavy (non-hydrogen) atoms. The average molecular weight is 753 g/mol. The van der Waals surface area contributed by atoms with E-state index >= 15 is 0 Å². The molecular formula is C44H47Cl2N3O4. The van der Waals surface area contributed by atoms with Crippen LogP contribution in [0.2, 0.25) is 5.02 Å². The van der Waals surface area contributed by atoms with Crippen LogP contribution in [-0.2, 0) is 17.9 Å². The summed E-state index contributed by atoms with van der Waals surface area (Å²) in [6, 6.07) is 32.6. The molecule has 7 nitrogen and oxygen atoms in total. The summed E-state index contributed by atoms with van der Waals surface area (Å²) < 4.78 is 17.9. The van der Waals surface area contributed by atoms with Crippen molar-refractivity contribution in [3.05, 3.63) is 153 Å². The fraction of sp³-hybridized carbons (Fsp3) is 0.273. The van der Waals surface area contributed by atoms with Crippen LogP contribution in [0.15, 0.2) is 109 Å². The van der Waals surface area contributed by atoms with Crippen molar-refractivity contribution in [1.29, 1.82) is 0 Å². The summed E-state index contributed by atoms with van der Waals surface area (Å²) in [6.07, 6.45) is 5.07. The van der Waals surface area contributed by atoms with E-state index in [4.69, 9.17) is 25.8 Å². The van der Waals surface area contributed by atoms with Crippen molar-refractivity contribution < 1.29 is 19.0 Å². The Kier molecular flexibility index (Phi) is 14.0. The number of nitrogens with zero attached hydrogens (tertiary/aromatic N) is 3. The highest BCUT2D eigenvalue weighted by Gasteiger charge is 2.20. The van der Waals surface area contributed by atoms with Crippen molar-refractivity contribution in [2.24, 2.45) is 0 Å². The third kappa shape index (κ3) is 11.3. The van der Waals surface area contributed by atoms with Crippen LogP contribution >= 0.6 is 24.0 Å². The number of hydrogen-bond donors (Lipinski definition) is 0. The highest BCUT2D eigenvalue weighted by atomic mass is 35.5. The molecule has 1 atom stereocenters. The Morgan fingerprint density at radius 1 is 0.811 bits per heavy atom. The van der Waals surface area contributed by atoms with E-state index in [-0.39, 0.29) is 18.3 Å². The van der Waals surface area contributed by atoms with Crippen LogP contribution in [0.5, 0.6) is 23.1 Å². The topological polar surface area (TPSA) is 64.1 Å². The van der Waals surface area contributed by atoms with E-state index in [0.29, 0.717) is 54.6 Å². The van der Waals surface area contributed by atoms with Crippen molar-refractivity contribution in [2.75, 3.05) is 32.8 Å². The average Bonchev–Trinajstić information content (AvgIpc) is 3.16. The van der Waals surface area contributed by atoms with E-state index < -0.39 is 0 Å². The number of aryl methyl sites for hydroxylation is 3. The van der Waals surface area contributed by atoms with E-state index in [2.05, 4.69) is 91.3 Å². The second-order valence-corrected chi connectivity index (χ2v) is 14.0. The Hall–Kier alpha value is -4.82. The van der Waals surface area contributed by atoms with Gasteiger partial charge in [-0.2, -0.15) is 0 Å². The molecule has 1 aliphatic rings. The smallest absolute Gasteiger partial charge is 0.246 e. The maximum absolute atomic E-state index is 13.1. The third-order valence-electron chi connectivity index (χ3n) is 9.27. The molecular weight excluding hydrogens is 705 g/mol. The molecule has 1 fully saturated rings. The minimum atomic E-state index is -0.00571. The molecule has 0 bridgehead atoms. The van der Waals surface area contributed by atoms with Crippen LogP contribution in [0.1, 0.15) is 51.8 Å². The van der Waals surface area contributed by atoms with Gasteiger partial charge in [0.15, 0.2) is 5.75 Å². The molecule has 1 amide bonds. The third-order valence-corrected chi connectivity index (χ3v) is 9.55. The predicted molar refractivity (Wildman–Crippen MR) is 216 cm³/mol. The molecule has 0 spiro atoms. The van der Waals surface area contributed by atoms with Gasteiger partial charge in [-0.15, -0.1) is 12.4 Å². The van der Waals surface area contributed by atoms with E-state index in [1.54, 1.807) is 24.4 Å². The van der Waals surface area contributed by atoms with Crippen molar-refractivity contribution in [3.63, 3.8) is 0 Å². The van der Waals surface area contributed by atoms with Crippen LogP contribution in [0.3, 0.4) is 0 Å². The zero-order valence-corrected chi connectivity index (χ0v) is 32.3. The number of amides is 1. The summed E-state index contributed by atoms with van der Waals surface area (Å²) in [5, 5.41) is 0.445. The zero-order valence-electron chi connectivity index (χ0n) is 30.8. The van der Waals surface area contributed by atoms with E-state index in [1.807, 2.05) is 42.2 Å². The molecule has 2 heterocycles. The summed E-state index contributed by atoms with van der Waals surface area (Å²) in [6.45, 7) is 13.2. The fourth-order valence-corrected chi connectivity index (χ4v) is 6.33. The lowest BCUT2D eigenvalue weighted by molar-refractivity contribution is -0.127. The first-order valence-electron chi connectivity index (χ1n) is 17.8. The summed E-state index contributed by atoms with van der Waals surface area (Å²) in [4.78, 5) is 21.8. The van der Waals surface area contributed by atoms with Crippen LogP contribution in [0.25, 0.3) is 6.08 Å². The fourth-order valence-electron chi connectivity index (χ4n) is 6.01. The first-order valence-corrected chi connectivity index (χ1v) is 18.2. The summed E-state index contributed by atoms with van der Waals surface area (Å²) >= 11 is 6.64. The second-order valence-electron chi connectivity index (χ2n) is 13.6. The first kappa shape index (κ1) is 39.4. The van der Waals surface area contributed by atoms with Gasteiger partial charge in [-0.25, -0.2) is 4.98 Å². The van der Waals surface area contributed by atoms with Crippen molar-refractivity contribution >= 4 is 36.0 Å². The molecule has 0 aliphatic carbocycles. The molecule has 1 aliphatic heterocycles. The van der Waals surface area contributed by atoms with Gasteiger partial charge in [-0.1, -0.05) is 90.3 Å². The Balaban J connectivity index is 0.00000541. The Morgan fingerprint density at radius 2 is 1.45 bits per heavy atom. The maximum Gasteiger partial charge on any atom is 0.246 e. The van der Waals surface area contributed by atoms with Crippen molar-refractivity contribution in [3.8, 4) is 23.1 Å². The minimum absolute atomic E-state index is 0. The van der Waals surface area contributed by atoms with Gasteiger partial charge < -0.3 is 19.1 Å². The number of ether oxygens (including phenoxy) is 3. The summed E-state index contributed by atoms with van der Waals surface area (Å²) in [5.74, 6) is 2.78. The highest BCUT2D eigenvalue weighted by molar-refractivity contribution is 6.32. The lowest BCUT2D eigenvalue weighted by Gasteiger charge is -2.34. The molecule has 0 N–H and O–H groups in total. The predicted octanol–water partition coefficient (Wildman–Crippen LogP) is 9.99. The quantitative estimate of drug-likeness (QED) is 0.112. The highest BCUT2D eigenvalue weighted by Crippen LogP contribution is 2.34. The Labute approximate surface area is 324 Å². The number of benzene rings is 4. The lowest BCUT2D eigenvalue weighted by atomic mass is 10.0. The molecule has 5 aromatic rings. The molecule has 276 valence electrons. The second kappa shape index (κ2) is 18.8. The Morgan fingerprint density at radius 3 is 2.09 bits per heavy atom. The molecule has 1 unspecified atom stereocenters. The molecule has 0 saturated carbocycles. The number of rotatable bonds is 13. The molecule has 6 rings (SSSR count). The number of halogens is 2. The van der Waals surface area contributed by atoms with Gasteiger partial charge in [0.2, 0.25) is 11.8 Å². The van der Waals surface area contributed by atoms with Crippen LogP contribution in [0, 0.1) is 20.8 Å². The van der Waals surface area contributed by atoms with E-state index in [9.17, 15) is 4.79 Å². The lowest BCUT2D eigenvalue weighted by Crippen LogP contribution is -2.47. The number of pyridine rings is 1. The molecule has 9 heteroatoms. The van der Waals surface area contributed by atoms with E-state index in [1.165, 1.54) is 22.3 Å². The largest absolute Gasteiger partial charge is 0.493 e. The SMILES string of the molecule is Cc1ccc(COc2ccc(Oc3c(C)cc(C=CC(=O)N4CCN(Cc5ccc(C(C)COc6ccc(C)cc6)cc5)CC4)cc3Cl)nc2)cc1.Cl. The zero-order chi connectivity index (χ0) is 36.5. The molecule has 1 aromatic heterocycles. The molecule has 1 saturated heterocycles. The van der Waals surface area contributed by atoms with Crippen molar-refractivity contribution in [1.82, 2.24) is 14.8 Å². The van der Waals surface area contributed by atoms with Gasteiger partial charge in [-0.3, -0.25) is 9.69 Å². The number of piperazine rings is 1. The number of carbonyl (C=O) groups is 1. The Bertz CT molecular complexity index is 1930. The maximum atomic E-state index is 13.1. The standard InChI is InChI=1S/C44H46ClN3O4.ClH/c1-31-5-9-36(10-6-31)30-51-40-18-19-42(46-27-40)52-44-33(3)25-37(26-41(44)45)13-20-43(49)48-23-21-47(22-24-48)28-35-11-14-38(15-12-35)34(4)29-50-39-16-7-32(2)8-17-39;/h5-20,25-27,34H,21-24,28-30H2,1-4H3;1H. The normalized spacial score (nSPS) is 13.7. The van der Waals surface area contributed by atoms with Crippen LogP contribution in [0.4, 0.5) is 0 Å². The van der Waals surface area contributed by atoms with Gasteiger partial charge in [0, 0.05) is 50.8 Å². The number of hydrogen-bond acceptors (Lipinski definition) is 6. The van der Waals surface area contributed by atoms with Gasteiger partial charge in [-0.05, 0) is 85.0 Å². The van der Waals surface area contributed by atoms with Crippen molar-refractivity contribution in [2.45, 2.75) is 46.8 Å². The molecule has 0 radical (unpaired) electrons. The van der Waals surface area contributed by atoms with Gasteiger partial charge in [0.25, 0.3) is 0 Å². The van der Waals surface area contributed by atoms with Crippen LogP contribution < -0.4 is 14.2 Å². The number of carbonyl (C=O) groups excluding carboxylic acids is 1. The monoisotopic (exact) mass is 751 g/mol. The van der Waals surface area contributed by atoms with Gasteiger partial charge in [0.05, 0.1) is 17.8 Å². The number of aromatic nitrogens is 1. The molecule has 4 aromatic carbocycles. The minimum Gasteiger partial charge on any atom is -0.493 e. The first-order chi connectivity index (χ1) is 25.2. The van der Waals surface area contributed by atoms with Gasteiger partial charge in [0.1, 0.15) is 18.1 Å². The summed E-state index contributed by atoms with van der Waals surface area (Å²) in [5.41, 5.74) is 7.73. The summed E-state index contributed by atoms with van der Waals surface area (Å²) in [7, 11) is 0.